The second-order valence-corrected chi connectivity index (χ2v) is 5.57. The number of benzene rings is 1. The Balaban J connectivity index is 2.36. The first kappa shape index (κ1) is 12.4. The molecule has 17 heavy (non-hydrogen) atoms. The van der Waals surface area contributed by atoms with Crippen LogP contribution in [0.3, 0.4) is 0 Å². The maximum atomic E-state index is 13.4. The van der Waals surface area contributed by atoms with Crippen molar-refractivity contribution in [3.8, 4) is 0 Å². The predicted molar refractivity (Wildman–Crippen MR) is 70.6 cm³/mol. The van der Waals surface area contributed by atoms with Gasteiger partial charge in [-0.25, -0.2) is 4.39 Å². The molecule has 0 spiro atoms. The van der Waals surface area contributed by atoms with E-state index in [1.807, 2.05) is 20.0 Å². The van der Waals surface area contributed by atoms with Gasteiger partial charge in [-0.3, -0.25) is 4.68 Å². The van der Waals surface area contributed by atoms with Gasteiger partial charge in [-0.15, -0.1) is 0 Å². The van der Waals surface area contributed by atoms with Crippen LogP contribution in [0.25, 0.3) is 0 Å². The van der Waals surface area contributed by atoms with E-state index in [1.54, 1.807) is 10.7 Å². The van der Waals surface area contributed by atoms with Crippen LogP contribution in [0.2, 0.25) is 0 Å². The van der Waals surface area contributed by atoms with Gasteiger partial charge < -0.3 is 5.73 Å². The highest BCUT2D eigenvalue weighted by atomic mass is 79.9. The fourth-order valence-electron chi connectivity index (χ4n) is 1.43. The average Bonchev–Trinajstić information content (AvgIpc) is 2.54. The zero-order valence-electron chi connectivity index (χ0n) is 9.37. The summed E-state index contributed by atoms with van der Waals surface area (Å²) in [6, 6.07) is 4.93. The molecule has 0 aliphatic rings. The van der Waals surface area contributed by atoms with E-state index >= 15 is 0 Å². The lowest BCUT2D eigenvalue weighted by molar-refractivity contribution is 0.617. The molecule has 1 heterocycles. The molecule has 0 saturated heterocycles. The SMILES string of the molecule is Cc1cc(Sc2cc(F)c(Br)cc2N)n(C)n1. The normalized spacial score (nSPS) is 10.8. The maximum Gasteiger partial charge on any atom is 0.138 e. The summed E-state index contributed by atoms with van der Waals surface area (Å²) in [4.78, 5) is 0.689. The Morgan fingerprint density at radius 2 is 2.12 bits per heavy atom. The van der Waals surface area contributed by atoms with Gasteiger partial charge in [0, 0.05) is 17.6 Å². The Hall–Kier alpha value is -1.01. The number of aromatic nitrogens is 2. The van der Waals surface area contributed by atoms with Crippen molar-refractivity contribution in [3.05, 3.63) is 34.2 Å². The molecule has 0 fully saturated rings. The largest absolute Gasteiger partial charge is 0.398 e. The molecule has 90 valence electrons. The van der Waals surface area contributed by atoms with Crippen molar-refractivity contribution in [2.75, 3.05) is 5.73 Å². The number of aryl methyl sites for hydroxylation is 2. The van der Waals surface area contributed by atoms with Gasteiger partial charge in [0.25, 0.3) is 0 Å². The van der Waals surface area contributed by atoms with E-state index in [2.05, 4.69) is 21.0 Å². The monoisotopic (exact) mass is 315 g/mol. The van der Waals surface area contributed by atoms with Crippen molar-refractivity contribution in [1.29, 1.82) is 0 Å². The number of halogens is 2. The molecule has 0 saturated carbocycles. The highest BCUT2D eigenvalue weighted by Gasteiger charge is 2.10. The second kappa shape index (κ2) is 4.70. The van der Waals surface area contributed by atoms with Crippen LogP contribution in [0.4, 0.5) is 10.1 Å². The summed E-state index contributed by atoms with van der Waals surface area (Å²) in [5.41, 5.74) is 7.31. The van der Waals surface area contributed by atoms with Gasteiger partial charge in [0.2, 0.25) is 0 Å². The van der Waals surface area contributed by atoms with E-state index in [4.69, 9.17) is 5.73 Å². The van der Waals surface area contributed by atoms with Gasteiger partial charge in [-0.1, -0.05) is 11.8 Å². The minimum atomic E-state index is -0.319. The fraction of sp³-hybridized carbons (Fsp3) is 0.182. The number of hydrogen-bond acceptors (Lipinski definition) is 3. The van der Waals surface area contributed by atoms with Gasteiger partial charge >= 0.3 is 0 Å². The molecule has 1 aromatic carbocycles. The summed E-state index contributed by atoms with van der Waals surface area (Å²) in [5.74, 6) is -0.319. The van der Waals surface area contributed by atoms with Crippen LogP contribution in [0, 0.1) is 12.7 Å². The maximum absolute atomic E-state index is 13.4. The zero-order valence-corrected chi connectivity index (χ0v) is 11.8. The number of anilines is 1. The Kier molecular flexibility index (Phi) is 3.44. The molecule has 0 aliphatic heterocycles. The zero-order chi connectivity index (χ0) is 12.6. The summed E-state index contributed by atoms with van der Waals surface area (Å²) in [5, 5.41) is 5.16. The third-order valence-electron chi connectivity index (χ3n) is 2.23. The summed E-state index contributed by atoms with van der Waals surface area (Å²) in [6.07, 6.45) is 0. The van der Waals surface area contributed by atoms with Gasteiger partial charge in [0.15, 0.2) is 0 Å². The molecule has 0 aliphatic carbocycles. The number of nitrogens with two attached hydrogens (primary N) is 1. The molecule has 0 atom stereocenters. The lowest BCUT2D eigenvalue weighted by Crippen LogP contribution is -1.95. The second-order valence-electron chi connectivity index (χ2n) is 3.65. The van der Waals surface area contributed by atoms with E-state index in [1.165, 1.54) is 17.8 Å². The number of rotatable bonds is 2. The third kappa shape index (κ3) is 2.63. The average molecular weight is 316 g/mol. The van der Waals surface area contributed by atoms with Gasteiger partial charge in [0.05, 0.1) is 15.2 Å². The van der Waals surface area contributed by atoms with Gasteiger partial charge in [-0.05, 0) is 41.1 Å². The van der Waals surface area contributed by atoms with Crippen molar-refractivity contribution < 1.29 is 4.39 Å². The number of nitrogens with zero attached hydrogens (tertiary/aromatic N) is 2. The highest BCUT2D eigenvalue weighted by molar-refractivity contribution is 9.10. The Morgan fingerprint density at radius 1 is 1.41 bits per heavy atom. The minimum Gasteiger partial charge on any atom is -0.398 e. The van der Waals surface area contributed by atoms with Crippen LogP contribution >= 0.6 is 27.7 Å². The molecule has 0 unspecified atom stereocenters. The first-order valence-electron chi connectivity index (χ1n) is 4.90. The van der Waals surface area contributed by atoms with E-state index in [-0.39, 0.29) is 5.82 Å². The van der Waals surface area contributed by atoms with E-state index in [9.17, 15) is 4.39 Å². The first-order chi connectivity index (χ1) is 7.97. The lowest BCUT2D eigenvalue weighted by Gasteiger charge is -2.06. The summed E-state index contributed by atoms with van der Waals surface area (Å²) >= 11 is 4.50. The van der Waals surface area contributed by atoms with Crippen LogP contribution in [0.5, 0.6) is 0 Å². The fourth-order valence-corrected chi connectivity index (χ4v) is 2.76. The standard InChI is InChI=1S/C11H11BrFN3S/c1-6-3-11(16(2)15-6)17-10-5-8(13)7(12)4-9(10)14/h3-5H,14H2,1-2H3. The molecule has 1 aromatic heterocycles. The third-order valence-corrected chi connectivity index (χ3v) is 4.00. The molecule has 0 radical (unpaired) electrons. The molecular weight excluding hydrogens is 305 g/mol. The van der Waals surface area contributed by atoms with Crippen molar-refractivity contribution in [2.24, 2.45) is 7.05 Å². The van der Waals surface area contributed by atoms with Gasteiger partial charge in [0.1, 0.15) is 5.82 Å². The first-order valence-corrected chi connectivity index (χ1v) is 6.51. The number of nitrogen functional groups attached to an aromatic ring is 1. The summed E-state index contributed by atoms with van der Waals surface area (Å²) in [6.45, 7) is 1.91. The molecule has 6 heteroatoms. The van der Waals surface area contributed by atoms with Crippen molar-refractivity contribution in [1.82, 2.24) is 9.78 Å². The quantitative estimate of drug-likeness (QED) is 0.864. The predicted octanol–water partition coefficient (Wildman–Crippen LogP) is 3.36. The lowest BCUT2D eigenvalue weighted by atomic mass is 10.3. The molecule has 0 bridgehead atoms. The van der Waals surface area contributed by atoms with Crippen LogP contribution in [-0.2, 0) is 7.05 Å². The molecule has 2 N–H and O–H groups in total. The van der Waals surface area contributed by atoms with Crippen LogP contribution in [0.15, 0.2) is 32.6 Å². The molecular formula is C11H11BrFN3S. The van der Waals surface area contributed by atoms with E-state index in [0.717, 1.165) is 10.7 Å². The Morgan fingerprint density at radius 3 is 2.71 bits per heavy atom. The minimum absolute atomic E-state index is 0.319. The van der Waals surface area contributed by atoms with E-state index < -0.39 is 0 Å². The molecule has 0 amide bonds. The highest BCUT2D eigenvalue weighted by Crippen LogP contribution is 2.34. The van der Waals surface area contributed by atoms with Crippen molar-refractivity contribution in [3.63, 3.8) is 0 Å². The van der Waals surface area contributed by atoms with Gasteiger partial charge in [-0.2, -0.15) is 5.10 Å². The smallest absolute Gasteiger partial charge is 0.138 e. The van der Waals surface area contributed by atoms with Crippen molar-refractivity contribution >= 4 is 33.4 Å². The molecule has 2 rings (SSSR count). The Labute approximate surface area is 111 Å². The van der Waals surface area contributed by atoms with Crippen LogP contribution < -0.4 is 5.73 Å². The Bertz CT molecular complexity index is 568. The molecule has 3 nitrogen and oxygen atoms in total. The summed E-state index contributed by atoms with van der Waals surface area (Å²) in [7, 11) is 1.85. The number of hydrogen-bond donors (Lipinski definition) is 1. The summed E-state index contributed by atoms with van der Waals surface area (Å²) < 4.78 is 15.6. The van der Waals surface area contributed by atoms with Crippen LogP contribution in [-0.4, -0.2) is 9.78 Å². The van der Waals surface area contributed by atoms with E-state index in [0.29, 0.717) is 15.1 Å². The van der Waals surface area contributed by atoms with Crippen molar-refractivity contribution in [2.45, 2.75) is 16.8 Å². The molecule has 2 aromatic rings. The topological polar surface area (TPSA) is 43.8 Å². The van der Waals surface area contributed by atoms with Crippen LogP contribution in [0.1, 0.15) is 5.69 Å².